The average Bonchev–Trinajstić information content (AvgIpc) is 2.72. The van der Waals surface area contributed by atoms with Gasteiger partial charge in [0.15, 0.2) is 0 Å². The SMILES string of the molecule is NC(c1cccs1)c1ccc(Cl)s1. The molecule has 13 heavy (non-hydrogen) atoms. The fourth-order valence-corrected chi connectivity index (χ4v) is 3.00. The van der Waals surface area contributed by atoms with Gasteiger partial charge >= 0.3 is 0 Å². The third-order valence-electron chi connectivity index (χ3n) is 1.75. The first kappa shape index (κ1) is 9.21. The second-order valence-electron chi connectivity index (χ2n) is 2.63. The van der Waals surface area contributed by atoms with Crippen LogP contribution in [-0.2, 0) is 0 Å². The van der Waals surface area contributed by atoms with Crippen LogP contribution in [0, 0.1) is 0 Å². The summed E-state index contributed by atoms with van der Waals surface area (Å²) < 4.78 is 0.794. The maximum atomic E-state index is 6.04. The molecule has 0 amide bonds. The van der Waals surface area contributed by atoms with E-state index < -0.39 is 0 Å². The van der Waals surface area contributed by atoms with Gasteiger partial charge in [-0.25, -0.2) is 0 Å². The standard InChI is InChI=1S/C9H8ClNS2/c10-8-4-3-7(13-8)9(11)6-2-1-5-12-6/h1-5,9H,11H2. The van der Waals surface area contributed by atoms with Crippen molar-refractivity contribution in [3.05, 3.63) is 43.7 Å². The summed E-state index contributed by atoms with van der Waals surface area (Å²) in [7, 11) is 0. The highest BCUT2D eigenvalue weighted by molar-refractivity contribution is 7.16. The van der Waals surface area contributed by atoms with Crippen LogP contribution in [0.25, 0.3) is 0 Å². The van der Waals surface area contributed by atoms with Gasteiger partial charge in [0.2, 0.25) is 0 Å². The minimum Gasteiger partial charge on any atom is -0.319 e. The fraction of sp³-hybridized carbons (Fsp3) is 0.111. The quantitative estimate of drug-likeness (QED) is 0.838. The minimum absolute atomic E-state index is 0.0162. The molecule has 0 aliphatic carbocycles. The molecule has 68 valence electrons. The number of hydrogen-bond donors (Lipinski definition) is 1. The van der Waals surface area contributed by atoms with Crippen molar-refractivity contribution in [2.75, 3.05) is 0 Å². The molecule has 1 atom stereocenters. The second-order valence-corrected chi connectivity index (χ2v) is 5.36. The Morgan fingerprint density at radius 1 is 1.23 bits per heavy atom. The first-order valence-electron chi connectivity index (χ1n) is 3.81. The van der Waals surface area contributed by atoms with Crippen molar-refractivity contribution in [2.24, 2.45) is 5.73 Å². The van der Waals surface area contributed by atoms with Gasteiger partial charge < -0.3 is 5.73 Å². The van der Waals surface area contributed by atoms with Crippen LogP contribution in [0.15, 0.2) is 29.6 Å². The molecule has 4 heteroatoms. The Kier molecular flexibility index (Phi) is 2.69. The van der Waals surface area contributed by atoms with Crippen LogP contribution in [-0.4, -0.2) is 0 Å². The zero-order chi connectivity index (χ0) is 9.26. The van der Waals surface area contributed by atoms with Crippen LogP contribution in [0.1, 0.15) is 15.8 Å². The maximum absolute atomic E-state index is 6.04. The first-order chi connectivity index (χ1) is 6.27. The summed E-state index contributed by atoms with van der Waals surface area (Å²) in [4.78, 5) is 2.30. The Hall–Kier alpha value is -0.350. The zero-order valence-electron chi connectivity index (χ0n) is 6.74. The Morgan fingerprint density at radius 2 is 2.08 bits per heavy atom. The van der Waals surface area contributed by atoms with Gasteiger partial charge in [-0.1, -0.05) is 17.7 Å². The Bertz CT molecular complexity index is 380. The molecule has 0 aliphatic heterocycles. The van der Waals surface area contributed by atoms with Gasteiger partial charge in [-0.05, 0) is 23.6 Å². The van der Waals surface area contributed by atoms with Crippen LogP contribution in [0.4, 0.5) is 0 Å². The van der Waals surface area contributed by atoms with Crippen LogP contribution in [0.5, 0.6) is 0 Å². The molecule has 0 spiro atoms. The lowest BCUT2D eigenvalue weighted by atomic mass is 10.2. The molecule has 0 saturated carbocycles. The monoisotopic (exact) mass is 229 g/mol. The molecule has 2 rings (SSSR count). The molecule has 0 fully saturated rings. The smallest absolute Gasteiger partial charge is 0.0931 e. The van der Waals surface area contributed by atoms with E-state index in [1.165, 1.54) is 4.88 Å². The van der Waals surface area contributed by atoms with Gasteiger partial charge in [0.25, 0.3) is 0 Å². The molecule has 0 aliphatic rings. The summed E-state index contributed by atoms with van der Waals surface area (Å²) in [6.45, 7) is 0. The lowest BCUT2D eigenvalue weighted by molar-refractivity contribution is 0.917. The number of thiophene rings is 2. The normalized spacial score (nSPS) is 13.1. The molecule has 0 bridgehead atoms. The third-order valence-corrected chi connectivity index (χ3v) is 4.02. The molecule has 2 aromatic rings. The van der Waals surface area contributed by atoms with Crippen molar-refractivity contribution < 1.29 is 0 Å². The van der Waals surface area contributed by atoms with Crippen molar-refractivity contribution in [3.8, 4) is 0 Å². The summed E-state index contributed by atoms with van der Waals surface area (Å²) in [5, 5.41) is 2.03. The average molecular weight is 230 g/mol. The summed E-state index contributed by atoms with van der Waals surface area (Å²) in [5.41, 5.74) is 6.04. The number of rotatable bonds is 2. The highest BCUT2D eigenvalue weighted by atomic mass is 35.5. The fourth-order valence-electron chi connectivity index (χ4n) is 1.10. The predicted molar refractivity (Wildman–Crippen MR) is 59.7 cm³/mol. The van der Waals surface area contributed by atoms with Crippen molar-refractivity contribution in [1.82, 2.24) is 0 Å². The van der Waals surface area contributed by atoms with E-state index >= 15 is 0 Å². The van der Waals surface area contributed by atoms with E-state index in [2.05, 4.69) is 0 Å². The Morgan fingerprint density at radius 3 is 2.62 bits per heavy atom. The zero-order valence-corrected chi connectivity index (χ0v) is 9.12. The van der Waals surface area contributed by atoms with Crippen molar-refractivity contribution in [1.29, 1.82) is 0 Å². The minimum atomic E-state index is -0.0162. The number of halogens is 1. The van der Waals surface area contributed by atoms with Crippen LogP contribution in [0.3, 0.4) is 0 Å². The van der Waals surface area contributed by atoms with E-state index in [0.717, 1.165) is 9.21 Å². The summed E-state index contributed by atoms with van der Waals surface area (Å²) in [5.74, 6) is 0. The van der Waals surface area contributed by atoms with E-state index in [4.69, 9.17) is 17.3 Å². The molecule has 2 N–H and O–H groups in total. The van der Waals surface area contributed by atoms with E-state index in [9.17, 15) is 0 Å². The topological polar surface area (TPSA) is 26.0 Å². The lowest BCUT2D eigenvalue weighted by Gasteiger charge is -2.05. The molecule has 0 aromatic carbocycles. The summed E-state index contributed by atoms with van der Waals surface area (Å²) >= 11 is 9.05. The summed E-state index contributed by atoms with van der Waals surface area (Å²) in [6, 6.07) is 7.90. The Balaban J connectivity index is 2.28. The molecule has 0 radical (unpaired) electrons. The molecular formula is C9H8ClNS2. The Labute approximate surface area is 89.8 Å². The highest BCUT2D eigenvalue weighted by Crippen LogP contribution is 2.31. The van der Waals surface area contributed by atoms with Gasteiger partial charge in [0.05, 0.1) is 10.4 Å². The number of nitrogens with two attached hydrogens (primary N) is 1. The van der Waals surface area contributed by atoms with Gasteiger partial charge in [-0.15, -0.1) is 22.7 Å². The predicted octanol–water partition coefficient (Wildman–Crippen LogP) is 3.51. The van der Waals surface area contributed by atoms with Gasteiger partial charge in [-0.3, -0.25) is 0 Å². The lowest BCUT2D eigenvalue weighted by Crippen LogP contribution is -2.07. The van der Waals surface area contributed by atoms with E-state index in [1.54, 1.807) is 22.7 Å². The van der Waals surface area contributed by atoms with Crippen LogP contribution >= 0.6 is 34.3 Å². The van der Waals surface area contributed by atoms with Gasteiger partial charge in [0.1, 0.15) is 0 Å². The first-order valence-corrected chi connectivity index (χ1v) is 5.89. The third kappa shape index (κ3) is 1.94. The highest BCUT2D eigenvalue weighted by Gasteiger charge is 2.11. The summed E-state index contributed by atoms with van der Waals surface area (Å²) in [6.07, 6.45) is 0. The van der Waals surface area contributed by atoms with Crippen molar-refractivity contribution >= 4 is 34.3 Å². The molecule has 0 saturated heterocycles. The largest absolute Gasteiger partial charge is 0.319 e. The van der Waals surface area contributed by atoms with E-state index in [1.807, 2.05) is 29.6 Å². The van der Waals surface area contributed by atoms with Gasteiger partial charge in [-0.2, -0.15) is 0 Å². The van der Waals surface area contributed by atoms with Gasteiger partial charge in [0, 0.05) is 9.75 Å². The molecular weight excluding hydrogens is 222 g/mol. The maximum Gasteiger partial charge on any atom is 0.0931 e. The van der Waals surface area contributed by atoms with Crippen LogP contribution in [0.2, 0.25) is 4.34 Å². The molecule has 2 heterocycles. The molecule has 1 nitrogen and oxygen atoms in total. The molecule has 1 unspecified atom stereocenters. The number of hydrogen-bond acceptors (Lipinski definition) is 3. The van der Waals surface area contributed by atoms with E-state index in [-0.39, 0.29) is 6.04 Å². The van der Waals surface area contributed by atoms with Crippen molar-refractivity contribution in [2.45, 2.75) is 6.04 Å². The second kappa shape index (κ2) is 3.80. The van der Waals surface area contributed by atoms with E-state index in [0.29, 0.717) is 0 Å². The van der Waals surface area contributed by atoms with Crippen LogP contribution < -0.4 is 5.73 Å². The van der Waals surface area contributed by atoms with Crippen molar-refractivity contribution in [3.63, 3.8) is 0 Å². The molecule has 2 aromatic heterocycles.